The maximum Gasteiger partial charge on any atom is 0.261 e. The van der Waals surface area contributed by atoms with Gasteiger partial charge in [-0.2, -0.15) is 0 Å². The molecule has 0 amide bonds. The molecule has 2 rings (SSSR count). The number of methoxy groups -OCH3 is 1. The summed E-state index contributed by atoms with van der Waals surface area (Å²) in [6.07, 6.45) is 0. The Labute approximate surface area is 124 Å². The second kappa shape index (κ2) is 6.15. The molecule has 2 aromatic rings. The molecule has 3 N–H and O–H groups in total. The molecule has 0 aliphatic rings. The lowest BCUT2D eigenvalue weighted by Crippen LogP contribution is -2.14. The van der Waals surface area contributed by atoms with Crippen molar-refractivity contribution >= 4 is 15.7 Å². The van der Waals surface area contributed by atoms with E-state index >= 15 is 0 Å². The van der Waals surface area contributed by atoms with Crippen molar-refractivity contribution in [2.75, 3.05) is 11.8 Å². The fraction of sp³-hybridized carbons (Fsp3) is 0.200. The van der Waals surface area contributed by atoms with E-state index in [-0.39, 0.29) is 11.4 Å². The standard InChI is InChI=1S/C15H18N2O3S/c1-11-4-3-5-13(8-11)17-21(18,19)14-6-7-15(20-2)12(9-14)10-16/h3-9,17H,10,16H2,1-2H3. The van der Waals surface area contributed by atoms with Gasteiger partial charge in [-0.15, -0.1) is 0 Å². The molecular weight excluding hydrogens is 288 g/mol. The molecule has 6 heteroatoms. The summed E-state index contributed by atoms with van der Waals surface area (Å²) in [6, 6.07) is 11.8. The van der Waals surface area contributed by atoms with Crippen molar-refractivity contribution in [3.05, 3.63) is 53.6 Å². The zero-order valence-electron chi connectivity index (χ0n) is 12.0. The molecule has 21 heavy (non-hydrogen) atoms. The minimum absolute atomic E-state index is 0.158. The fourth-order valence-corrected chi connectivity index (χ4v) is 3.10. The molecule has 0 aromatic heterocycles. The van der Waals surface area contributed by atoms with Crippen LogP contribution in [-0.4, -0.2) is 15.5 Å². The quantitative estimate of drug-likeness (QED) is 0.888. The molecule has 0 saturated carbocycles. The molecule has 0 unspecified atom stereocenters. The summed E-state index contributed by atoms with van der Waals surface area (Å²) < 4.78 is 32.5. The fourth-order valence-electron chi connectivity index (χ4n) is 2.00. The van der Waals surface area contributed by atoms with Gasteiger partial charge < -0.3 is 10.5 Å². The number of hydrogen-bond donors (Lipinski definition) is 2. The minimum atomic E-state index is -3.65. The van der Waals surface area contributed by atoms with E-state index in [0.717, 1.165) is 5.56 Å². The normalized spacial score (nSPS) is 11.2. The molecule has 0 saturated heterocycles. The zero-order chi connectivity index (χ0) is 15.5. The maximum absolute atomic E-state index is 12.4. The number of nitrogens with one attached hydrogen (secondary N) is 1. The number of sulfonamides is 1. The highest BCUT2D eigenvalue weighted by Gasteiger charge is 2.16. The van der Waals surface area contributed by atoms with Gasteiger partial charge in [-0.05, 0) is 42.8 Å². The number of anilines is 1. The van der Waals surface area contributed by atoms with Crippen LogP contribution in [0.1, 0.15) is 11.1 Å². The van der Waals surface area contributed by atoms with Crippen molar-refractivity contribution in [1.29, 1.82) is 0 Å². The van der Waals surface area contributed by atoms with Crippen LogP contribution >= 0.6 is 0 Å². The van der Waals surface area contributed by atoms with E-state index in [4.69, 9.17) is 10.5 Å². The Balaban J connectivity index is 2.35. The van der Waals surface area contributed by atoms with E-state index in [2.05, 4.69) is 4.72 Å². The predicted molar refractivity (Wildman–Crippen MR) is 82.9 cm³/mol. The number of rotatable bonds is 5. The molecule has 0 radical (unpaired) electrons. The molecule has 0 heterocycles. The Morgan fingerprint density at radius 1 is 1.19 bits per heavy atom. The molecule has 2 aromatic carbocycles. The highest BCUT2D eigenvalue weighted by molar-refractivity contribution is 7.92. The minimum Gasteiger partial charge on any atom is -0.496 e. The monoisotopic (exact) mass is 306 g/mol. The van der Waals surface area contributed by atoms with Crippen LogP contribution in [0.4, 0.5) is 5.69 Å². The van der Waals surface area contributed by atoms with Gasteiger partial charge in [-0.25, -0.2) is 8.42 Å². The summed E-state index contributed by atoms with van der Waals surface area (Å²) in [7, 11) is -2.13. The predicted octanol–water partition coefficient (Wildman–Crippen LogP) is 2.26. The first-order valence-electron chi connectivity index (χ1n) is 6.43. The summed E-state index contributed by atoms with van der Waals surface area (Å²) >= 11 is 0. The van der Waals surface area contributed by atoms with Crippen LogP contribution in [0.25, 0.3) is 0 Å². The number of nitrogens with two attached hydrogens (primary N) is 1. The molecule has 0 spiro atoms. The number of hydrogen-bond acceptors (Lipinski definition) is 4. The van der Waals surface area contributed by atoms with Crippen LogP contribution in [0, 0.1) is 6.92 Å². The van der Waals surface area contributed by atoms with Crippen molar-refractivity contribution < 1.29 is 13.2 Å². The molecule has 0 fully saturated rings. The van der Waals surface area contributed by atoms with Crippen LogP contribution in [-0.2, 0) is 16.6 Å². The van der Waals surface area contributed by atoms with Gasteiger partial charge in [-0.3, -0.25) is 4.72 Å². The Hall–Kier alpha value is -2.05. The first kappa shape index (κ1) is 15.3. The molecule has 0 aliphatic carbocycles. The summed E-state index contributed by atoms with van der Waals surface area (Å²) in [5, 5.41) is 0. The van der Waals surface area contributed by atoms with Gasteiger partial charge >= 0.3 is 0 Å². The molecule has 0 atom stereocenters. The largest absolute Gasteiger partial charge is 0.496 e. The van der Waals surface area contributed by atoms with Crippen molar-refractivity contribution in [2.24, 2.45) is 5.73 Å². The van der Waals surface area contributed by atoms with E-state index in [1.54, 1.807) is 24.3 Å². The third-order valence-corrected chi connectivity index (χ3v) is 4.43. The highest BCUT2D eigenvalue weighted by atomic mass is 32.2. The second-order valence-corrected chi connectivity index (χ2v) is 6.34. The Kier molecular flexibility index (Phi) is 4.50. The van der Waals surface area contributed by atoms with E-state index < -0.39 is 10.0 Å². The van der Waals surface area contributed by atoms with E-state index in [1.807, 2.05) is 13.0 Å². The maximum atomic E-state index is 12.4. The molecular formula is C15H18N2O3S. The number of ether oxygens (including phenoxy) is 1. The Morgan fingerprint density at radius 3 is 2.57 bits per heavy atom. The van der Waals surface area contributed by atoms with Crippen molar-refractivity contribution in [3.8, 4) is 5.75 Å². The SMILES string of the molecule is COc1ccc(S(=O)(=O)Nc2cccc(C)c2)cc1CN. The lowest BCUT2D eigenvalue weighted by atomic mass is 10.2. The number of aryl methyl sites for hydroxylation is 1. The lowest BCUT2D eigenvalue weighted by Gasteiger charge is -2.12. The van der Waals surface area contributed by atoms with E-state index in [1.165, 1.54) is 19.2 Å². The first-order chi connectivity index (χ1) is 9.96. The van der Waals surface area contributed by atoms with Gasteiger partial charge in [0.25, 0.3) is 10.0 Å². The Morgan fingerprint density at radius 2 is 1.95 bits per heavy atom. The molecule has 112 valence electrons. The van der Waals surface area contributed by atoms with Crippen LogP contribution in [0.15, 0.2) is 47.4 Å². The third-order valence-electron chi connectivity index (χ3n) is 3.05. The third kappa shape index (κ3) is 3.53. The van der Waals surface area contributed by atoms with Crippen molar-refractivity contribution in [3.63, 3.8) is 0 Å². The highest BCUT2D eigenvalue weighted by Crippen LogP contribution is 2.23. The van der Waals surface area contributed by atoms with Gasteiger partial charge in [0.1, 0.15) is 5.75 Å². The number of benzene rings is 2. The average molecular weight is 306 g/mol. The van der Waals surface area contributed by atoms with Gasteiger partial charge in [0.05, 0.1) is 12.0 Å². The molecule has 0 bridgehead atoms. The lowest BCUT2D eigenvalue weighted by molar-refractivity contribution is 0.409. The second-order valence-electron chi connectivity index (χ2n) is 4.65. The van der Waals surface area contributed by atoms with Gasteiger partial charge in [0.15, 0.2) is 0 Å². The van der Waals surface area contributed by atoms with Crippen molar-refractivity contribution in [1.82, 2.24) is 0 Å². The van der Waals surface area contributed by atoms with Gasteiger partial charge in [-0.1, -0.05) is 12.1 Å². The summed E-state index contributed by atoms with van der Waals surface area (Å²) in [5.74, 6) is 0.576. The molecule has 0 aliphatic heterocycles. The first-order valence-corrected chi connectivity index (χ1v) is 7.91. The topological polar surface area (TPSA) is 81.4 Å². The Bertz CT molecular complexity index is 742. The van der Waals surface area contributed by atoms with Crippen LogP contribution in [0.2, 0.25) is 0 Å². The average Bonchev–Trinajstić information content (AvgIpc) is 2.46. The van der Waals surface area contributed by atoms with Crippen molar-refractivity contribution in [2.45, 2.75) is 18.4 Å². The smallest absolute Gasteiger partial charge is 0.261 e. The molecule has 5 nitrogen and oxygen atoms in total. The van der Waals surface area contributed by atoms with Crippen LogP contribution in [0.5, 0.6) is 5.75 Å². The summed E-state index contributed by atoms with van der Waals surface area (Å²) in [5.41, 5.74) is 7.77. The summed E-state index contributed by atoms with van der Waals surface area (Å²) in [4.78, 5) is 0.158. The van der Waals surface area contributed by atoms with E-state index in [0.29, 0.717) is 17.0 Å². The van der Waals surface area contributed by atoms with E-state index in [9.17, 15) is 8.42 Å². The van der Waals surface area contributed by atoms with Crippen LogP contribution in [0.3, 0.4) is 0 Å². The summed E-state index contributed by atoms with van der Waals surface area (Å²) in [6.45, 7) is 2.11. The van der Waals surface area contributed by atoms with Gasteiger partial charge in [0, 0.05) is 17.8 Å². The van der Waals surface area contributed by atoms with Crippen LogP contribution < -0.4 is 15.2 Å². The van der Waals surface area contributed by atoms with Gasteiger partial charge in [0.2, 0.25) is 0 Å². The zero-order valence-corrected chi connectivity index (χ0v) is 12.8.